The molecular weight excluding hydrogens is 256 g/mol. The Balaban J connectivity index is 1.72. The molecule has 1 amide bonds. The van der Waals surface area contributed by atoms with E-state index in [1.807, 2.05) is 24.3 Å². The van der Waals surface area contributed by atoms with E-state index in [-0.39, 0.29) is 6.61 Å². The van der Waals surface area contributed by atoms with Crippen LogP contribution in [0.3, 0.4) is 0 Å². The van der Waals surface area contributed by atoms with Crippen molar-refractivity contribution in [2.24, 2.45) is 11.7 Å². The van der Waals surface area contributed by atoms with E-state index in [0.717, 1.165) is 26.1 Å². The van der Waals surface area contributed by atoms with E-state index in [2.05, 4.69) is 12.2 Å². The van der Waals surface area contributed by atoms with Gasteiger partial charge in [-0.15, -0.1) is 0 Å². The van der Waals surface area contributed by atoms with Crippen LogP contribution in [0.4, 0.5) is 0 Å². The van der Waals surface area contributed by atoms with Crippen LogP contribution in [0.5, 0.6) is 5.75 Å². The molecule has 1 aliphatic rings. The van der Waals surface area contributed by atoms with Gasteiger partial charge >= 0.3 is 0 Å². The molecule has 0 spiro atoms. The van der Waals surface area contributed by atoms with Crippen molar-refractivity contribution in [1.29, 1.82) is 0 Å². The number of carbonyl (C=O) groups is 1. The zero-order valence-electron chi connectivity index (χ0n) is 11.8. The minimum atomic E-state index is -0.469. The fourth-order valence-corrected chi connectivity index (χ4v) is 2.30. The van der Waals surface area contributed by atoms with E-state index in [4.69, 9.17) is 15.2 Å². The Morgan fingerprint density at radius 2 is 2.20 bits per heavy atom. The number of hydrogen-bond donors (Lipinski definition) is 2. The van der Waals surface area contributed by atoms with Gasteiger partial charge in [0.2, 0.25) is 0 Å². The van der Waals surface area contributed by atoms with Gasteiger partial charge in [-0.1, -0.05) is 12.1 Å². The van der Waals surface area contributed by atoms with Gasteiger partial charge < -0.3 is 20.5 Å². The predicted molar refractivity (Wildman–Crippen MR) is 76.4 cm³/mol. The lowest BCUT2D eigenvalue weighted by Gasteiger charge is -2.14. The zero-order chi connectivity index (χ0) is 14.4. The Hall–Kier alpha value is -1.59. The molecule has 5 nitrogen and oxygen atoms in total. The Labute approximate surface area is 119 Å². The summed E-state index contributed by atoms with van der Waals surface area (Å²) in [6, 6.07) is 7.67. The summed E-state index contributed by atoms with van der Waals surface area (Å²) < 4.78 is 10.7. The van der Waals surface area contributed by atoms with Crippen LogP contribution in [-0.2, 0) is 16.1 Å². The molecule has 1 heterocycles. The maximum absolute atomic E-state index is 10.6. The van der Waals surface area contributed by atoms with Gasteiger partial charge in [0.05, 0.1) is 6.10 Å². The first kappa shape index (κ1) is 14.8. The Morgan fingerprint density at radius 3 is 2.80 bits per heavy atom. The molecule has 1 saturated heterocycles. The molecule has 0 radical (unpaired) electrons. The number of primary amides is 1. The standard InChI is InChI=1S/C15H22N2O3/c1-11-13(6-7-19-11)9-17-8-12-2-4-14(5-3-12)20-10-15(16)18/h2-5,11,13,17H,6-10H2,1H3,(H2,16,18). The van der Waals surface area contributed by atoms with Crippen molar-refractivity contribution in [2.75, 3.05) is 19.8 Å². The fraction of sp³-hybridized carbons (Fsp3) is 0.533. The van der Waals surface area contributed by atoms with E-state index in [1.54, 1.807) is 0 Å². The van der Waals surface area contributed by atoms with Crippen molar-refractivity contribution in [3.8, 4) is 5.75 Å². The predicted octanol–water partition coefficient (Wildman–Crippen LogP) is 1.07. The second kappa shape index (κ2) is 7.26. The summed E-state index contributed by atoms with van der Waals surface area (Å²) in [5, 5.41) is 3.45. The molecule has 2 unspecified atom stereocenters. The molecule has 3 N–H and O–H groups in total. The maximum Gasteiger partial charge on any atom is 0.255 e. The lowest BCUT2D eigenvalue weighted by molar-refractivity contribution is -0.119. The summed E-state index contributed by atoms with van der Waals surface area (Å²) in [6.45, 7) is 4.71. The van der Waals surface area contributed by atoms with Gasteiger partial charge in [0.25, 0.3) is 5.91 Å². The van der Waals surface area contributed by atoms with Crippen LogP contribution in [0.25, 0.3) is 0 Å². The van der Waals surface area contributed by atoms with E-state index in [1.165, 1.54) is 5.56 Å². The SMILES string of the molecule is CC1OCCC1CNCc1ccc(OCC(N)=O)cc1. The van der Waals surface area contributed by atoms with E-state index >= 15 is 0 Å². The first-order chi connectivity index (χ1) is 9.65. The molecule has 0 aliphatic carbocycles. The quantitative estimate of drug-likeness (QED) is 0.782. The Bertz CT molecular complexity index is 433. The number of hydrogen-bond acceptors (Lipinski definition) is 4. The van der Waals surface area contributed by atoms with Gasteiger partial charge in [0.15, 0.2) is 6.61 Å². The topological polar surface area (TPSA) is 73.6 Å². The third-order valence-corrected chi connectivity index (χ3v) is 3.57. The van der Waals surface area contributed by atoms with Crippen molar-refractivity contribution in [3.05, 3.63) is 29.8 Å². The second-order valence-corrected chi connectivity index (χ2v) is 5.15. The first-order valence-corrected chi connectivity index (χ1v) is 6.97. The second-order valence-electron chi connectivity index (χ2n) is 5.15. The number of nitrogens with two attached hydrogens (primary N) is 1. The van der Waals surface area contributed by atoms with Gasteiger partial charge in [-0.25, -0.2) is 0 Å². The van der Waals surface area contributed by atoms with Crippen LogP contribution in [0, 0.1) is 5.92 Å². The molecule has 5 heteroatoms. The molecule has 1 aromatic carbocycles. The Kier molecular flexibility index (Phi) is 5.38. The number of nitrogens with one attached hydrogen (secondary N) is 1. The summed E-state index contributed by atoms with van der Waals surface area (Å²) in [6.07, 6.45) is 1.49. The minimum Gasteiger partial charge on any atom is -0.484 e. The minimum absolute atomic E-state index is 0.0861. The number of amides is 1. The van der Waals surface area contributed by atoms with Crippen molar-refractivity contribution >= 4 is 5.91 Å². The zero-order valence-corrected chi connectivity index (χ0v) is 11.8. The average molecular weight is 278 g/mol. The highest BCUT2D eigenvalue weighted by Crippen LogP contribution is 2.19. The highest BCUT2D eigenvalue weighted by Gasteiger charge is 2.23. The fourth-order valence-electron chi connectivity index (χ4n) is 2.30. The summed E-state index contributed by atoms with van der Waals surface area (Å²) in [5.41, 5.74) is 6.21. The van der Waals surface area contributed by atoms with E-state index < -0.39 is 5.91 Å². The number of rotatable bonds is 7. The number of ether oxygens (including phenoxy) is 2. The van der Waals surface area contributed by atoms with Crippen molar-refractivity contribution in [3.63, 3.8) is 0 Å². The summed E-state index contributed by atoms with van der Waals surface area (Å²) in [4.78, 5) is 10.6. The highest BCUT2D eigenvalue weighted by molar-refractivity contribution is 5.75. The molecule has 0 aromatic heterocycles. The molecule has 1 aliphatic heterocycles. The first-order valence-electron chi connectivity index (χ1n) is 6.97. The van der Waals surface area contributed by atoms with Crippen molar-refractivity contribution < 1.29 is 14.3 Å². The number of carbonyl (C=O) groups excluding carboxylic acids is 1. The molecular formula is C15H22N2O3. The monoisotopic (exact) mass is 278 g/mol. The van der Waals surface area contributed by atoms with Gasteiger partial charge in [0, 0.05) is 19.7 Å². The third kappa shape index (κ3) is 4.51. The lowest BCUT2D eigenvalue weighted by atomic mass is 10.0. The molecule has 1 fully saturated rings. The summed E-state index contributed by atoms with van der Waals surface area (Å²) >= 11 is 0. The molecule has 2 rings (SSSR count). The van der Waals surface area contributed by atoms with Crippen LogP contribution in [0.2, 0.25) is 0 Å². The molecule has 0 bridgehead atoms. The van der Waals surface area contributed by atoms with Crippen LogP contribution in [0.15, 0.2) is 24.3 Å². The largest absolute Gasteiger partial charge is 0.484 e. The average Bonchev–Trinajstić information content (AvgIpc) is 2.83. The van der Waals surface area contributed by atoms with Crippen molar-refractivity contribution in [1.82, 2.24) is 5.32 Å². The molecule has 110 valence electrons. The molecule has 0 saturated carbocycles. The maximum atomic E-state index is 10.6. The summed E-state index contributed by atoms with van der Waals surface area (Å²) in [7, 11) is 0. The van der Waals surface area contributed by atoms with Gasteiger partial charge in [-0.3, -0.25) is 4.79 Å². The summed E-state index contributed by atoms with van der Waals surface area (Å²) in [5.74, 6) is 0.794. The van der Waals surface area contributed by atoms with Crippen molar-refractivity contribution in [2.45, 2.75) is 26.0 Å². The van der Waals surface area contributed by atoms with Gasteiger partial charge in [0.1, 0.15) is 5.75 Å². The molecule has 1 aromatic rings. The van der Waals surface area contributed by atoms with Crippen LogP contribution in [0.1, 0.15) is 18.9 Å². The van der Waals surface area contributed by atoms with Crippen LogP contribution < -0.4 is 15.8 Å². The molecule has 20 heavy (non-hydrogen) atoms. The smallest absolute Gasteiger partial charge is 0.255 e. The normalized spacial score (nSPS) is 21.9. The van der Waals surface area contributed by atoms with Crippen LogP contribution in [-0.4, -0.2) is 31.8 Å². The van der Waals surface area contributed by atoms with Gasteiger partial charge in [-0.05, 0) is 37.0 Å². The highest BCUT2D eigenvalue weighted by atomic mass is 16.5. The lowest BCUT2D eigenvalue weighted by Crippen LogP contribution is -2.26. The molecule has 2 atom stereocenters. The third-order valence-electron chi connectivity index (χ3n) is 3.57. The number of benzene rings is 1. The van der Waals surface area contributed by atoms with Gasteiger partial charge in [-0.2, -0.15) is 0 Å². The van der Waals surface area contributed by atoms with E-state index in [0.29, 0.717) is 17.8 Å². The van der Waals surface area contributed by atoms with Crippen LogP contribution >= 0.6 is 0 Å². The Morgan fingerprint density at radius 1 is 1.45 bits per heavy atom. The van der Waals surface area contributed by atoms with E-state index in [9.17, 15) is 4.79 Å².